The van der Waals surface area contributed by atoms with Crippen molar-refractivity contribution in [3.05, 3.63) is 28.4 Å². The number of likely N-dealkylation sites (tertiary alicyclic amines) is 1. The molecule has 1 fully saturated rings. The van der Waals surface area contributed by atoms with Crippen molar-refractivity contribution < 1.29 is 24.0 Å². The Hall–Kier alpha value is -2.71. The average Bonchev–Trinajstić information content (AvgIpc) is 2.90. The smallest absolute Gasteiger partial charge is 0.410 e. The number of hydrogen-bond donors (Lipinski definition) is 0. The molecule has 136 valence electrons. The predicted molar refractivity (Wildman–Crippen MR) is 87.1 cm³/mol. The average molecular weight is 351 g/mol. The molecule has 2 rings (SSSR count). The van der Waals surface area contributed by atoms with E-state index in [1.807, 2.05) is 0 Å². The van der Waals surface area contributed by atoms with Crippen LogP contribution in [0.15, 0.2) is 18.3 Å². The Morgan fingerprint density at radius 2 is 2.08 bits per heavy atom. The van der Waals surface area contributed by atoms with Crippen LogP contribution >= 0.6 is 0 Å². The number of ether oxygens (including phenoxy) is 2. The summed E-state index contributed by atoms with van der Waals surface area (Å²) in [5.74, 6) is -1.38. The van der Waals surface area contributed by atoms with Gasteiger partial charge in [-0.05, 0) is 56.2 Å². The van der Waals surface area contributed by atoms with Gasteiger partial charge < -0.3 is 24.5 Å². The normalized spacial score (nSPS) is 20.2. The molecule has 0 aromatic carbocycles. The summed E-state index contributed by atoms with van der Waals surface area (Å²) >= 11 is 0. The standard InChI is InChI=1S/C16H21N3O6/c1-15(2,3)25-14(21)18-9-7-16(4,10-18)13(20)24-11-6-5-8-17-12(11)19(22)23/h5-6,8H,7,9-10H2,1-4H3. The first-order valence-corrected chi connectivity index (χ1v) is 7.81. The van der Waals surface area contributed by atoms with Gasteiger partial charge in [0.25, 0.3) is 0 Å². The van der Waals surface area contributed by atoms with E-state index in [0.29, 0.717) is 13.0 Å². The van der Waals surface area contributed by atoms with Gasteiger partial charge in [-0.3, -0.25) is 4.79 Å². The molecule has 1 aliphatic heterocycles. The van der Waals surface area contributed by atoms with E-state index in [4.69, 9.17) is 9.47 Å². The maximum Gasteiger partial charge on any atom is 0.410 e. The summed E-state index contributed by atoms with van der Waals surface area (Å²) in [5, 5.41) is 11.0. The SMILES string of the molecule is CC(C)(C)OC(=O)N1CCC(C)(C(=O)Oc2cccnc2[N+](=O)[O-])C1. The topological polar surface area (TPSA) is 112 Å². The molecule has 1 unspecified atom stereocenters. The largest absolute Gasteiger partial charge is 0.444 e. The molecule has 9 nitrogen and oxygen atoms in total. The minimum atomic E-state index is -0.972. The Balaban J connectivity index is 2.08. The third-order valence-corrected chi connectivity index (χ3v) is 3.74. The lowest BCUT2D eigenvalue weighted by atomic mass is 9.90. The Kier molecular flexibility index (Phi) is 4.96. The van der Waals surface area contributed by atoms with Gasteiger partial charge in [0, 0.05) is 13.1 Å². The van der Waals surface area contributed by atoms with Crippen molar-refractivity contribution in [3.63, 3.8) is 0 Å². The molecular formula is C16H21N3O6. The number of aromatic nitrogens is 1. The lowest BCUT2D eigenvalue weighted by molar-refractivity contribution is -0.390. The van der Waals surface area contributed by atoms with E-state index in [9.17, 15) is 19.7 Å². The van der Waals surface area contributed by atoms with E-state index >= 15 is 0 Å². The van der Waals surface area contributed by atoms with E-state index in [0.717, 1.165) is 0 Å². The summed E-state index contributed by atoms with van der Waals surface area (Å²) in [7, 11) is 0. The van der Waals surface area contributed by atoms with E-state index in [1.165, 1.54) is 23.2 Å². The van der Waals surface area contributed by atoms with Gasteiger partial charge in [0.1, 0.15) is 11.8 Å². The fourth-order valence-corrected chi connectivity index (χ4v) is 2.43. The first-order valence-electron chi connectivity index (χ1n) is 7.81. The van der Waals surface area contributed by atoms with E-state index in [2.05, 4.69) is 4.98 Å². The molecule has 1 saturated heterocycles. The van der Waals surface area contributed by atoms with Crippen molar-refractivity contribution in [1.82, 2.24) is 9.88 Å². The monoisotopic (exact) mass is 351 g/mol. The molecule has 0 radical (unpaired) electrons. The molecule has 25 heavy (non-hydrogen) atoms. The van der Waals surface area contributed by atoms with Crippen LogP contribution in [-0.4, -0.2) is 45.6 Å². The number of esters is 1. The number of rotatable bonds is 3. The third-order valence-electron chi connectivity index (χ3n) is 3.74. The van der Waals surface area contributed by atoms with Gasteiger partial charge in [0.15, 0.2) is 0 Å². The van der Waals surface area contributed by atoms with Gasteiger partial charge in [0.2, 0.25) is 5.75 Å². The summed E-state index contributed by atoms with van der Waals surface area (Å²) in [5.41, 5.74) is -1.60. The van der Waals surface area contributed by atoms with Crippen LogP contribution in [-0.2, 0) is 9.53 Å². The summed E-state index contributed by atoms with van der Waals surface area (Å²) < 4.78 is 10.5. The van der Waals surface area contributed by atoms with Gasteiger partial charge in [0.05, 0.1) is 5.41 Å². The highest BCUT2D eigenvalue weighted by Crippen LogP contribution is 2.34. The maximum absolute atomic E-state index is 12.5. The van der Waals surface area contributed by atoms with E-state index < -0.39 is 33.8 Å². The van der Waals surface area contributed by atoms with E-state index in [-0.39, 0.29) is 12.3 Å². The first-order chi connectivity index (χ1) is 11.5. The minimum Gasteiger partial charge on any atom is -0.444 e. The van der Waals surface area contributed by atoms with Crippen LogP contribution in [0.2, 0.25) is 0 Å². The van der Waals surface area contributed by atoms with Crippen LogP contribution in [0.25, 0.3) is 0 Å². The molecule has 1 aromatic rings. The molecule has 0 aliphatic carbocycles. The molecule has 9 heteroatoms. The second kappa shape index (κ2) is 6.66. The van der Waals surface area contributed by atoms with Gasteiger partial charge in [-0.15, -0.1) is 0 Å². The van der Waals surface area contributed by atoms with E-state index in [1.54, 1.807) is 27.7 Å². The zero-order chi connectivity index (χ0) is 18.8. The fraction of sp³-hybridized carbons (Fsp3) is 0.562. The molecule has 1 aliphatic rings. The van der Waals surface area contributed by atoms with Gasteiger partial charge >= 0.3 is 17.9 Å². The highest BCUT2D eigenvalue weighted by molar-refractivity contribution is 5.81. The van der Waals surface area contributed by atoms with Crippen molar-refractivity contribution in [1.29, 1.82) is 0 Å². The second-order valence-electron chi connectivity index (χ2n) is 7.18. The lowest BCUT2D eigenvalue weighted by Gasteiger charge is -2.26. The Bertz CT molecular complexity index is 699. The highest BCUT2D eigenvalue weighted by Gasteiger charge is 2.45. The van der Waals surface area contributed by atoms with Crippen molar-refractivity contribution >= 4 is 17.9 Å². The lowest BCUT2D eigenvalue weighted by Crippen LogP contribution is -2.39. The zero-order valence-electron chi connectivity index (χ0n) is 14.6. The third kappa shape index (κ3) is 4.43. The molecule has 1 atom stereocenters. The van der Waals surface area contributed by atoms with Crippen molar-refractivity contribution in [3.8, 4) is 5.75 Å². The van der Waals surface area contributed by atoms with Crippen molar-refractivity contribution in [2.24, 2.45) is 5.41 Å². The second-order valence-corrected chi connectivity index (χ2v) is 7.18. The minimum absolute atomic E-state index is 0.120. The van der Waals surface area contributed by atoms with Crippen LogP contribution < -0.4 is 4.74 Å². The number of hydrogen-bond acceptors (Lipinski definition) is 7. The number of pyridine rings is 1. The number of carbonyl (C=O) groups is 2. The molecule has 1 aromatic heterocycles. The summed E-state index contributed by atoms with van der Waals surface area (Å²) in [6.07, 6.45) is 1.12. The van der Waals surface area contributed by atoms with Crippen LogP contribution in [0.3, 0.4) is 0 Å². The zero-order valence-corrected chi connectivity index (χ0v) is 14.6. The van der Waals surface area contributed by atoms with Crippen LogP contribution in [0.1, 0.15) is 34.1 Å². The molecule has 0 N–H and O–H groups in total. The molecule has 1 amide bonds. The summed E-state index contributed by atoms with van der Waals surface area (Å²) in [4.78, 5) is 39.9. The van der Waals surface area contributed by atoms with Gasteiger partial charge in [-0.25, -0.2) is 4.79 Å². The highest BCUT2D eigenvalue weighted by atomic mass is 16.6. The molecule has 0 bridgehead atoms. The molecular weight excluding hydrogens is 330 g/mol. The number of nitrogens with zero attached hydrogens (tertiary/aromatic N) is 3. The number of nitro groups is 1. The van der Waals surface area contributed by atoms with Gasteiger partial charge in [-0.1, -0.05) is 0 Å². The molecule has 2 heterocycles. The Labute approximate surface area is 145 Å². The van der Waals surface area contributed by atoms with Crippen LogP contribution in [0.4, 0.5) is 10.6 Å². The summed E-state index contributed by atoms with van der Waals surface area (Å²) in [6, 6.07) is 2.76. The molecule has 0 spiro atoms. The Morgan fingerprint density at radius 1 is 1.40 bits per heavy atom. The van der Waals surface area contributed by atoms with Crippen LogP contribution in [0, 0.1) is 15.5 Å². The number of carbonyl (C=O) groups excluding carboxylic acids is 2. The predicted octanol–water partition coefficient (Wildman–Crippen LogP) is 2.54. The quantitative estimate of drug-likeness (QED) is 0.467. The Morgan fingerprint density at radius 3 is 2.68 bits per heavy atom. The van der Waals surface area contributed by atoms with Crippen LogP contribution in [0.5, 0.6) is 5.75 Å². The number of amides is 1. The first kappa shape index (κ1) is 18.6. The summed E-state index contributed by atoms with van der Waals surface area (Å²) in [6.45, 7) is 7.40. The molecule has 0 saturated carbocycles. The van der Waals surface area contributed by atoms with Gasteiger partial charge in [-0.2, -0.15) is 0 Å². The fourth-order valence-electron chi connectivity index (χ4n) is 2.43. The van der Waals surface area contributed by atoms with Crippen molar-refractivity contribution in [2.75, 3.05) is 13.1 Å². The maximum atomic E-state index is 12.5. The van der Waals surface area contributed by atoms with Crippen molar-refractivity contribution in [2.45, 2.75) is 39.7 Å².